The lowest BCUT2D eigenvalue weighted by Crippen LogP contribution is -2.36. The number of hydrogen-bond donors (Lipinski definition) is 0. The highest BCUT2D eigenvalue weighted by atomic mass is 35.5. The predicted octanol–water partition coefficient (Wildman–Crippen LogP) is 3.95. The Labute approximate surface area is 176 Å². The van der Waals surface area contributed by atoms with Crippen LogP contribution in [0.2, 0.25) is 0 Å². The first-order valence-corrected chi connectivity index (χ1v) is 8.43. The van der Waals surface area contributed by atoms with Gasteiger partial charge in [0.15, 0.2) is 0 Å². The van der Waals surface area contributed by atoms with Gasteiger partial charge in [-0.05, 0) is 38.5 Å². The molecule has 9 heteroatoms. The highest BCUT2D eigenvalue weighted by molar-refractivity contribution is 5.92. The Bertz CT molecular complexity index is 938. The lowest BCUT2D eigenvalue weighted by molar-refractivity contribution is 0.0684. The second kappa shape index (κ2) is 9.71. The Kier molecular flexibility index (Phi) is 8.20. The maximum Gasteiger partial charge on any atom is 0.274 e. The molecule has 0 aliphatic carbocycles. The molecular formula is C19H24Cl2FN5O. The average Bonchev–Trinajstić information content (AvgIpc) is 3.21. The molecule has 0 atom stereocenters. The van der Waals surface area contributed by atoms with E-state index in [1.165, 1.54) is 6.07 Å². The van der Waals surface area contributed by atoms with Crippen LogP contribution < -0.4 is 0 Å². The smallest absolute Gasteiger partial charge is 0.274 e. The number of carbonyl (C=O) groups is 1. The lowest BCUT2D eigenvalue weighted by Gasteiger charge is -2.26. The summed E-state index contributed by atoms with van der Waals surface area (Å²) in [7, 11) is 1.82. The molecule has 0 spiro atoms. The number of rotatable bonds is 5. The largest absolute Gasteiger partial charge is 0.340 e. The van der Waals surface area contributed by atoms with Crippen LogP contribution in [0, 0.1) is 12.7 Å². The quantitative estimate of drug-likeness (QED) is 0.619. The first-order valence-electron chi connectivity index (χ1n) is 8.43. The molecule has 6 nitrogen and oxygen atoms in total. The van der Waals surface area contributed by atoms with E-state index in [9.17, 15) is 9.18 Å². The fourth-order valence-electron chi connectivity index (χ4n) is 2.76. The second-order valence-corrected chi connectivity index (χ2v) is 6.66. The van der Waals surface area contributed by atoms with Gasteiger partial charge in [-0.2, -0.15) is 0 Å². The second-order valence-electron chi connectivity index (χ2n) is 6.66. The first-order chi connectivity index (χ1) is 12.3. The lowest BCUT2D eigenvalue weighted by atomic mass is 10.1. The van der Waals surface area contributed by atoms with Crippen molar-refractivity contribution in [3.8, 4) is 5.69 Å². The fourth-order valence-corrected chi connectivity index (χ4v) is 2.76. The maximum atomic E-state index is 14.2. The summed E-state index contributed by atoms with van der Waals surface area (Å²) in [5.74, 6) is -0.483. The predicted molar refractivity (Wildman–Crippen MR) is 111 cm³/mol. The molecule has 0 aliphatic heterocycles. The third-order valence-electron chi connectivity index (χ3n) is 4.16. The van der Waals surface area contributed by atoms with Crippen LogP contribution in [0.5, 0.6) is 0 Å². The summed E-state index contributed by atoms with van der Waals surface area (Å²) >= 11 is 0. The van der Waals surface area contributed by atoms with E-state index in [0.29, 0.717) is 17.9 Å². The summed E-state index contributed by atoms with van der Waals surface area (Å²) in [6.07, 6.45) is 6.64. The summed E-state index contributed by atoms with van der Waals surface area (Å²) in [6.45, 7) is 6.12. The van der Waals surface area contributed by atoms with Gasteiger partial charge < -0.3 is 14.0 Å². The molecule has 0 aliphatic rings. The summed E-state index contributed by atoms with van der Waals surface area (Å²) in [5.41, 5.74) is 2.46. The van der Waals surface area contributed by atoms with Crippen molar-refractivity contribution >= 4 is 30.7 Å². The van der Waals surface area contributed by atoms with Crippen LogP contribution in [0.1, 0.15) is 35.6 Å². The van der Waals surface area contributed by atoms with E-state index in [-0.39, 0.29) is 42.6 Å². The van der Waals surface area contributed by atoms with Crippen molar-refractivity contribution in [3.63, 3.8) is 0 Å². The van der Waals surface area contributed by atoms with Crippen molar-refractivity contribution in [3.05, 3.63) is 66.0 Å². The number of aryl methyl sites for hydroxylation is 2. The minimum Gasteiger partial charge on any atom is -0.340 e. The van der Waals surface area contributed by atoms with E-state index in [4.69, 9.17) is 0 Å². The molecule has 3 aromatic rings. The Morgan fingerprint density at radius 1 is 1.18 bits per heavy atom. The molecule has 1 aromatic carbocycles. The van der Waals surface area contributed by atoms with Crippen LogP contribution in [-0.2, 0) is 13.6 Å². The molecule has 0 N–H and O–H groups in total. The van der Waals surface area contributed by atoms with Gasteiger partial charge in [0.25, 0.3) is 5.91 Å². The molecule has 28 heavy (non-hydrogen) atoms. The molecule has 0 radical (unpaired) electrons. The summed E-state index contributed by atoms with van der Waals surface area (Å²) in [4.78, 5) is 22.8. The number of aromatic nitrogens is 4. The van der Waals surface area contributed by atoms with Crippen molar-refractivity contribution in [1.29, 1.82) is 0 Å². The van der Waals surface area contributed by atoms with Crippen LogP contribution in [0.4, 0.5) is 4.39 Å². The Balaban J connectivity index is 0.00000196. The highest BCUT2D eigenvalue weighted by Crippen LogP contribution is 2.19. The monoisotopic (exact) mass is 427 g/mol. The standard InChI is InChI=1S/C19H22FN5O.2ClH/c1-13(2)25(19(26)17-10-23(4)11-22-17)9-15-5-6-16(20)18(7-15)24-8-14(3)21-12-24;;/h5-8,10-13H,9H2,1-4H3;2*1H. The molecule has 0 unspecified atom stereocenters. The number of halogens is 3. The van der Waals surface area contributed by atoms with Crippen LogP contribution in [0.3, 0.4) is 0 Å². The summed E-state index contributed by atoms with van der Waals surface area (Å²) < 4.78 is 17.6. The third-order valence-corrected chi connectivity index (χ3v) is 4.16. The Morgan fingerprint density at radius 3 is 2.43 bits per heavy atom. The minimum atomic E-state index is -0.335. The van der Waals surface area contributed by atoms with E-state index in [1.54, 1.807) is 51.2 Å². The Hall–Kier alpha value is -2.38. The normalized spacial score (nSPS) is 10.4. The molecule has 0 saturated carbocycles. The number of carbonyl (C=O) groups excluding carboxylic acids is 1. The van der Waals surface area contributed by atoms with Crippen molar-refractivity contribution < 1.29 is 9.18 Å². The molecule has 1 amide bonds. The van der Waals surface area contributed by atoms with Crippen LogP contribution in [0.15, 0.2) is 43.2 Å². The topological polar surface area (TPSA) is 56.0 Å². The molecule has 0 fully saturated rings. The Morgan fingerprint density at radius 2 is 1.89 bits per heavy atom. The van der Waals surface area contributed by atoms with Gasteiger partial charge in [-0.15, -0.1) is 24.8 Å². The fraction of sp³-hybridized carbons (Fsp3) is 0.316. The minimum absolute atomic E-state index is 0. The molecule has 2 aromatic heterocycles. The van der Waals surface area contributed by atoms with Crippen LogP contribution >= 0.6 is 24.8 Å². The molecule has 0 bridgehead atoms. The van der Waals surface area contributed by atoms with Crippen molar-refractivity contribution in [2.75, 3.05) is 0 Å². The molecule has 152 valence electrons. The zero-order valence-electron chi connectivity index (χ0n) is 16.2. The van der Waals surface area contributed by atoms with Gasteiger partial charge in [-0.25, -0.2) is 14.4 Å². The SMILES string of the molecule is Cc1cn(-c2cc(CN(C(=O)c3cn(C)cn3)C(C)C)ccc2F)cn1.Cl.Cl. The van der Waals surface area contributed by atoms with Crippen LogP contribution in [-0.4, -0.2) is 36.0 Å². The molecule has 2 heterocycles. The molecular weight excluding hydrogens is 404 g/mol. The van der Waals surface area contributed by atoms with Gasteiger partial charge in [0, 0.05) is 32.0 Å². The number of benzene rings is 1. The van der Waals surface area contributed by atoms with Gasteiger partial charge >= 0.3 is 0 Å². The van der Waals surface area contributed by atoms with Crippen molar-refractivity contribution in [1.82, 2.24) is 24.0 Å². The van der Waals surface area contributed by atoms with E-state index in [1.807, 2.05) is 27.8 Å². The molecule has 0 saturated heterocycles. The van der Waals surface area contributed by atoms with Gasteiger partial charge in [-0.3, -0.25) is 4.79 Å². The van der Waals surface area contributed by atoms with E-state index >= 15 is 0 Å². The summed E-state index contributed by atoms with van der Waals surface area (Å²) in [6, 6.07) is 4.85. The first kappa shape index (κ1) is 23.7. The highest BCUT2D eigenvalue weighted by Gasteiger charge is 2.21. The zero-order valence-corrected chi connectivity index (χ0v) is 17.8. The zero-order chi connectivity index (χ0) is 18.8. The van der Waals surface area contributed by atoms with Crippen molar-refractivity contribution in [2.24, 2.45) is 7.05 Å². The number of amides is 1. The maximum absolute atomic E-state index is 14.2. The van der Waals surface area contributed by atoms with Gasteiger partial charge in [0.05, 0.1) is 24.0 Å². The van der Waals surface area contributed by atoms with Gasteiger partial charge in [-0.1, -0.05) is 6.07 Å². The molecule has 3 rings (SSSR count). The van der Waals surface area contributed by atoms with E-state index < -0.39 is 0 Å². The van der Waals surface area contributed by atoms with Crippen LogP contribution in [0.25, 0.3) is 5.69 Å². The third kappa shape index (κ3) is 5.11. The van der Waals surface area contributed by atoms with Gasteiger partial charge in [0.1, 0.15) is 11.5 Å². The number of hydrogen-bond acceptors (Lipinski definition) is 3. The number of imidazole rings is 2. The van der Waals surface area contributed by atoms with Gasteiger partial charge in [0.2, 0.25) is 0 Å². The summed E-state index contributed by atoms with van der Waals surface area (Å²) in [5, 5.41) is 0. The van der Waals surface area contributed by atoms with E-state index in [0.717, 1.165) is 11.3 Å². The number of nitrogens with zero attached hydrogens (tertiary/aromatic N) is 5. The average molecular weight is 428 g/mol. The van der Waals surface area contributed by atoms with Crippen molar-refractivity contribution in [2.45, 2.75) is 33.4 Å². The van der Waals surface area contributed by atoms with E-state index in [2.05, 4.69) is 9.97 Å².